The molecule has 156 valence electrons. The number of hydrogen-bond acceptors (Lipinski definition) is 8. The van der Waals surface area contributed by atoms with Crippen LogP contribution >= 0.6 is 11.3 Å². The van der Waals surface area contributed by atoms with Crippen molar-refractivity contribution in [3.8, 4) is 11.8 Å². The maximum Gasteiger partial charge on any atom is 0.328 e. The first-order valence-electron chi connectivity index (χ1n) is 8.97. The second kappa shape index (κ2) is 10.9. The van der Waals surface area contributed by atoms with Crippen LogP contribution in [0.4, 0.5) is 0 Å². The third kappa shape index (κ3) is 6.53. The van der Waals surface area contributed by atoms with Crippen LogP contribution in [0.2, 0.25) is 0 Å². The number of methoxy groups -OCH3 is 1. The molecule has 1 N–H and O–H groups in total. The first kappa shape index (κ1) is 22.8. The number of carbonyl (C=O) groups excluding carboxylic acids is 3. The molecule has 2 aromatic rings. The number of amides is 1. The first-order chi connectivity index (χ1) is 14.3. The van der Waals surface area contributed by atoms with E-state index in [9.17, 15) is 19.6 Å². The number of aromatic nitrogens is 1. The SMILES string of the molecule is COc1ccc(C=CC(=O)NC(C)C(=O)OCC(=O)C(C#N)c2nc(C)cs2)cc1. The highest BCUT2D eigenvalue weighted by molar-refractivity contribution is 7.09. The number of ketones is 1. The molecule has 0 aliphatic heterocycles. The minimum atomic E-state index is -1.09. The molecule has 0 aliphatic rings. The van der Waals surface area contributed by atoms with Gasteiger partial charge in [-0.2, -0.15) is 5.26 Å². The Morgan fingerprint density at radius 3 is 2.57 bits per heavy atom. The summed E-state index contributed by atoms with van der Waals surface area (Å²) in [6, 6.07) is 7.99. The number of nitriles is 1. The largest absolute Gasteiger partial charge is 0.497 e. The van der Waals surface area contributed by atoms with Crippen LogP contribution in [0.3, 0.4) is 0 Å². The fraction of sp³-hybridized carbons (Fsp3) is 0.286. The Morgan fingerprint density at radius 2 is 2.00 bits per heavy atom. The zero-order valence-electron chi connectivity index (χ0n) is 16.7. The van der Waals surface area contributed by atoms with Crippen molar-refractivity contribution in [2.24, 2.45) is 0 Å². The van der Waals surface area contributed by atoms with Crippen molar-refractivity contribution in [1.82, 2.24) is 10.3 Å². The number of rotatable bonds is 9. The number of hydrogen-bond donors (Lipinski definition) is 1. The molecule has 0 saturated heterocycles. The molecule has 0 saturated carbocycles. The van der Waals surface area contributed by atoms with Crippen molar-refractivity contribution in [3.63, 3.8) is 0 Å². The Kier molecular flexibility index (Phi) is 8.26. The highest BCUT2D eigenvalue weighted by Gasteiger charge is 2.25. The quantitative estimate of drug-likeness (QED) is 0.482. The molecule has 2 unspecified atom stereocenters. The van der Waals surface area contributed by atoms with Crippen LogP contribution in [0.5, 0.6) is 5.75 Å². The molecule has 9 heteroatoms. The second-order valence-corrected chi connectivity index (χ2v) is 7.19. The van der Waals surface area contributed by atoms with Crippen LogP contribution in [0.1, 0.15) is 29.1 Å². The molecular weight excluding hydrogens is 406 g/mol. The van der Waals surface area contributed by atoms with Gasteiger partial charge in [-0.1, -0.05) is 12.1 Å². The molecule has 1 aromatic carbocycles. The molecule has 8 nitrogen and oxygen atoms in total. The van der Waals surface area contributed by atoms with Crippen molar-refractivity contribution < 1.29 is 23.9 Å². The molecule has 0 radical (unpaired) electrons. The lowest BCUT2D eigenvalue weighted by Crippen LogP contribution is -2.39. The minimum absolute atomic E-state index is 0.362. The molecule has 30 heavy (non-hydrogen) atoms. The molecule has 2 atom stereocenters. The lowest BCUT2D eigenvalue weighted by Gasteiger charge is -2.12. The van der Waals surface area contributed by atoms with Gasteiger partial charge in [-0.3, -0.25) is 9.59 Å². The summed E-state index contributed by atoms with van der Waals surface area (Å²) < 4.78 is 10.0. The van der Waals surface area contributed by atoms with E-state index in [0.717, 1.165) is 5.56 Å². The third-order valence-electron chi connectivity index (χ3n) is 3.95. The van der Waals surface area contributed by atoms with E-state index < -0.39 is 36.2 Å². The van der Waals surface area contributed by atoms with E-state index in [1.165, 1.54) is 24.3 Å². The fourth-order valence-corrected chi connectivity index (χ4v) is 3.19. The molecule has 0 fully saturated rings. The summed E-state index contributed by atoms with van der Waals surface area (Å²) in [6.07, 6.45) is 2.87. The van der Waals surface area contributed by atoms with Gasteiger partial charge in [0.2, 0.25) is 5.91 Å². The average molecular weight is 427 g/mol. The topological polar surface area (TPSA) is 118 Å². The molecule has 1 aromatic heterocycles. The zero-order valence-corrected chi connectivity index (χ0v) is 17.6. The molecule has 0 aliphatic carbocycles. The molecule has 2 rings (SSSR count). The molecule has 1 heterocycles. The predicted molar refractivity (Wildman–Crippen MR) is 111 cm³/mol. The van der Waals surface area contributed by atoms with E-state index in [4.69, 9.17) is 9.47 Å². The number of nitrogens with zero attached hydrogens (tertiary/aromatic N) is 2. The van der Waals surface area contributed by atoms with Crippen LogP contribution in [0.15, 0.2) is 35.7 Å². The number of aryl methyl sites for hydroxylation is 1. The zero-order chi connectivity index (χ0) is 22.1. The lowest BCUT2D eigenvalue weighted by atomic mass is 10.1. The number of carbonyl (C=O) groups is 3. The third-order valence-corrected chi connectivity index (χ3v) is 4.97. The van der Waals surface area contributed by atoms with Gasteiger partial charge in [0, 0.05) is 17.2 Å². The number of esters is 1. The predicted octanol–water partition coefficient (Wildman–Crippen LogP) is 2.40. The van der Waals surface area contributed by atoms with Crippen molar-refractivity contribution in [2.45, 2.75) is 25.8 Å². The smallest absolute Gasteiger partial charge is 0.328 e. The highest BCUT2D eigenvalue weighted by atomic mass is 32.1. The number of ether oxygens (including phenoxy) is 2. The van der Waals surface area contributed by atoms with Gasteiger partial charge in [0.05, 0.1) is 13.2 Å². The van der Waals surface area contributed by atoms with Crippen LogP contribution in [0.25, 0.3) is 6.08 Å². The summed E-state index contributed by atoms with van der Waals surface area (Å²) in [5.41, 5.74) is 1.49. The monoisotopic (exact) mass is 427 g/mol. The Balaban J connectivity index is 1.83. The molecule has 0 bridgehead atoms. The van der Waals surface area contributed by atoms with E-state index in [1.54, 1.807) is 49.8 Å². The Labute approximate surface area is 178 Å². The van der Waals surface area contributed by atoms with E-state index in [2.05, 4.69) is 10.3 Å². The maximum atomic E-state index is 12.2. The van der Waals surface area contributed by atoms with E-state index >= 15 is 0 Å². The van der Waals surface area contributed by atoms with Gasteiger partial charge in [-0.05, 0) is 37.6 Å². The Morgan fingerprint density at radius 1 is 1.30 bits per heavy atom. The van der Waals surface area contributed by atoms with Gasteiger partial charge in [-0.15, -0.1) is 11.3 Å². The molecule has 0 spiro atoms. The van der Waals surface area contributed by atoms with Gasteiger partial charge < -0.3 is 14.8 Å². The van der Waals surface area contributed by atoms with Crippen LogP contribution in [0, 0.1) is 18.3 Å². The number of benzene rings is 1. The standard InChI is InChI=1S/C21H21N3O5S/c1-13-12-30-20(23-13)17(10-22)18(25)11-29-21(27)14(2)24-19(26)9-6-15-4-7-16(28-3)8-5-15/h4-9,12,14,17H,11H2,1-3H3,(H,24,26). The minimum Gasteiger partial charge on any atom is -0.497 e. The maximum absolute atomic E-state index is 12.2. The molecule has 1 amide bonds. The fourth-order valence-electron chi connectivity index (χ4n) is 2.33. The summed E-state index contributed by atoms with van der Waals surface area (Å²) in [5, 5.41) is 13.8. The van der Waals surface area contributed by atoms with Crippen molar-refractivity contribution in [1.29, 1.82) is 5.26 Å². The van der Waals surface area contributed by atoms with Crippen molar-refractivity contribution >= 4 is 35.1 Å². The normalized spacial score (nSPS) is 12.6. The first-order valence-corrected chi connectivity index (χ1v) is 9.85. The van der Waals surface area contributed by atoms with Crippen LogP contribution < -0.4 is 10.1 Å². The summed E-state index contributed by atoms with van der Waals surface area (Å²) in [7, 11) is 1.56. The number of thiazole rings is 1. The van der Waals surface area contributed by atoms with Crippen molar-refractivity contribution in [2.75, 3.05) is 13.7 Å². The summed E-state index contributed by atoms with van der Waals surface area (Å²) in [5.74, 6) is -2.23. The second-order valence-electron chi connectivity index (χ2n) is 6.30. The van der Waals surface area contributed by atoms with E-state index in [-0.39, 0.29) is 0 Å². The van der Waals surface area contributed by atoms with Crippen molar-refractivity contribution in [3.05, 3.63) is 52.0 Å². The van der Waals surface area contributed by atoms with Gasteiger partial charge in [0.25, 0.3) is 0 Å². The Hall–Kier alpha value is -3.51. The molecular formula is C21H21N3O5S. The van der Waals surface area contributed by atoms with E-state index in [1.807, 2.05) is 6.07 Å². The summed E-state index contributed by atoms with van der Waals surface area (Å²) in [4.78, 5) is 40.4. The van der Waals surface area contributed by atoms with E-state index in [0.29, 0.717) is 16.5 Å². The van der Waals surface area contributed by atoms with Crippen LogP contribution in [-0.4, -0.2) is 42.4 Å². The van der Waals surface area contributed by atoms with Gasteiger partial charge in [-0.25, -0.2) is 9.78 Å². The van der Waals surface area contributed by atoms with Crippen LogP contribution in [-0.2, 0) is 19.1 Å². The number of nitrogens with one attached hydrogen (secondary N) is 1. The lowest BCUT2D eigenvalue weighted by molar-refractivity contribution is -0.150. The van der Waals surface area contributed by atoms with Gasteiger partial charge >= 0.3 is 5.97 Å². The highest BCUT2D eigenvalue weighted by Crippen LogP contribution is 2.20. The average Bonchev–Trinajstić information content (AvgIpc) is 3.17. The Bertz CT molecular complexity index is 975. The summed E-state index contributed by atoms with van der Waals surface area (Å²) in [6.45, 7) is 2.63. The van der Waals surface area contributed by atoms with Gasteiger partial charge in [0.1, 0.15) is 16.8 Å². The summed E-state index contributed by atoms with van der Waals surface area (Å²) >= 11 is 1.20. The van der Waals surface area contributed by atoms with Gasteiger partial charge in [0.15, 0.2) is 18.3 Å². The number of Topliss-reactive ketones (excluding diaryl/α,β-unsaturated/α-hetero) is 1.